The Bertz CT molecular complexity index is 493. The first kappa shape index (κ1) is 11.6. The van der Waals surface area contributed by atoms with Gasteiger partial charge < -0.3 is 4.90 Å². The molecule has 0 spiro atoms. The van der Waals surface area contributed by atoms with Crippen LogP contribution in [0.3, 0.4) is 0 Å². The fourth-order valence-corrected chi connectivity index (χ4v) is 3.45. The highest BCUT2D eigenvalue weighted by Gasteiger charge is 2.46. The van der Waals surface area contributed by atoms with Gasteiger partial charge in [-0.05, 0) is 24.6 Å². The highest BCUT2D eigenvalue weighted by Crippen LogP contribution is 2.30. The van der Waals surface area contributed by atoms with Crippen molar-refractivity contribution >= 4 is 29.4 Å². The van der Waals surface area contributed by atoms with E-state index >= 15 is 0 Å². The van der Waals surface area contributed by atoms with E-state index in [-0.39, 0.29) is 18.0 Å². The zero-order chi connectivity index (χ0) is 12.7. The van der Waals surface area contributed by atoms with Gasteiger partial charge in [0.15, 0.2) is 0 Å². The van der Waals surface area contributed by atoms with Crippen molar-refractivity contribution in [3.63, 3.8) is 0 Å². The average molecular weight is 262 g/mol. The van der Waals surface area contributed by atoms with Crippen molar-refractivity contribution in [3.8, 4) is 0 Å². The smallest absolute Gasteiger partial charge is 0.310 e. The highest BCUT2D eigenvalue weighted by molar-refractivity contribution is 7.99. The molecule has 0 aliphatic carbocycles. The maximum absolute atomic E-state index is 12.3. The van der Waals surface area contributed by atoms with E-state index in [1.165, 1.54) is 4.90 Å². The summed E-state index contributed by atoms with van der Waals surface area (Å²) >= 11 is 1.74. The Morgan fingerprint density at radius 3 is 2.89 bits per heavy atom. The molecule has 5 heteroatoms. The molecule has 2 aliphatic heterocycles. The Hall–Kier alpha value is -1.49. The lowest BCUT2D eigenvalue weighted by molar-refractivity contribution is -0.119. The number of thioether (sulfide) groups is 1. The Kier molecular flexibility index (Phi) is 2.78. The third kappa shape index (κ3) is 1.70. The molecule has 0 bridgehead atoms. The van der Waals surface area contributed by atoms with E-state index in [2.05, 4.69) is 0 Å². The van der Waals surface area contributed by atoms with Gasteiger partial charge in [0.2, 0.25) is 0 Å². The maximum Gasteiger partial charge on any atom is 0.332 e. The van der Waals surface area contributed by atoms with Crippen molar-refractivity contribution < 1.29 is 9.59 Å². The summed E-state index contributed by atoms with van der Waals surface area (Å²) in [7, 11) is 0. The van der Waals surface area contributed by atoms with Gasteiger partial charge in [-0.15, -0.1) is 0 Å². The first-order chi connectivity index (χ1) is 8.68. The highest BCUT2D eigenvalue weighted by atomic mass is 32.2. The number of carbonyl (C=O) groups is 2. The molecule has 2 fully saturated rings. The van der Waals surface area contributed by atoms with Gasteiger partial charge in [0.1, 0.15) is 6.04 Å². The topological polar surface area (TPSA) is 40.6 Å². The number of fused-ring (bicyclic) bond motifs is 1. The lowest BCUT2D eigenvalue weighted by atomic mass is 10.2. The molecule has 1 aromatic rings. The van der Waals surface area contributed by atoms with Crippen LogP contribution in [-0.4, -0.2) is 40.9 Å². The van der Waals surface area contributed by atoms with E-state index in [0.29, 0.717) is 18.0 Å². The van der Waals surface area contributed by atoms with Crippen molar-refractivity contribution in [2.45, 2.75) is 13.0 Å². The minimum Gasteiger partial charge on any atom is -0.310 e. The number of amides is 3. The second kappa shape index (κ2) is 4.31. The van der Waals surface area contributed by atoms with E-state index in [1.807, 2.05) is 31.2 Å². The molecule has 1 unspecified atom stereocenters. The molecule has 18 heavy (non-hydrogen) atoms. The number of aryl methyl sites for hydroxylation is 1. The second-order valence-corrected chi connectivity index (χ2v) is 5.73. The molecular weight excluding hydrogens is 248 g/mol. The molecular formula is C13H14N2O2S. The number of nitrogens with zero attached hydrogens (tertiary/aromatic N) is 2. The van der Waals surface area contributed by atoms with Crippen molar-refractivity contribution in [3.05, 3.63) is 29.8 Å². The Morgan fingerprint density at radius 2 is 2.17 bits per heavy atom. The lowest BCUT2D eigenvalue weighted by Crippen LogP contribution is -2.41. The standard InChI is InChI=1S/C13H14N2O2S/c1-9-3-2-4-10(7-9)15-12(16)11-8-18-6-5-14(11)13(15)17/h2-4,7,11H,5-6,8H2,1H3. The van der Waals surface area contributed by atoms with Crippen LogP contribution in [0, 0.1) is 6.92 Å². The molecule has 2 saturated heterocycles. The van der Waals surface area contributed by atoms with E-state index < -0.39 is 0 Å². The molecule has 2 aliphatic rings. The van der Waals surface area contributed by atoms with Gasteiger partial charge in [0.05, 0.1) is 5.69 Å². The zero-order valence-electron chi connectivity index (χ0n) is 10.1. The third-order valence-corrected chi connectivity index (χ3v) is 4.35. The van der Waals surface area contributed by atoms with Gasteiger partial charge in [0.25, 0.3) is 5.91 Å². The number of hydrogen-bond acceptors (Lipinski definition) is 3. The summed E-state index contributed by atoms with van der Waals surface area (Å²) < 4.78 is 0. The van der Waals surface area contributed by atoms with Crippen LogP contribution >= 0.6 is 11.8 Å². The van der Waals surface area contributed by atoms with Gasteiger partial charge in [-0.3, -0.25) is 4.79 Å². The maximum atomic E-state index is 12.3. The average Bonchev–Trinajstić information content (AvgIpc) is 2.63. The van der Waals surface area contributed by atoms with E-state index in [0.717, 1.165) is 11.3 Å². The van der Waals surface area contributed by atoms with Crippen LogP contribution in [0.4, 0.5) is 10.5 Å². The van der Waals surface area contributed by atoms with Crippen molar-refractivity contribution in [2.75, 3.05) is 23.0 Å². The number of anilines is 1. The van der Waals surface area contributed by atoms with E-state index in [9.17, 15) is 9.59 Å². The SMILES string of the molecule is Cc1cccc(N2C(=O)C3CSCCN3C2=O)c1. The number of carbonyl (C=O) groups excluding carboxylic acids is 2. The van der Waals surface area contributed by atoms with Crippen molar-refractivity contribution in [2.24, 2.45) is 0 Å². The predicted molar refractivity (Wildman–Crippen MR) is 71.9 cm³/mol. The molecule has 1 aromatic carbocycles. The number of benzene rings is 1. The molecule has 0 saturated carbocycles. The molecule has 0 radical (unpaired) electrons. The fraction of sp³-hybridized carbons (Fsp3) is 0.385. The van der Waals surface area contributed by atoms with Crippen LogP contribution in [0.2, 0.25) is 0 Å². The van der Waals surface area contributed by atoms with Crippen LogP contribution in [0.15, 0.2) is 24.3 Å². The molecule has 1 atom stereocenters. The minimum atomic E-state index is -0.267. The summed E-state index contributed by atoms with van der Waals surface area (Å²) in [6, 6.07) is 7.08. The summed E-state index contributed by atoms with van der Waals surface area (Å²) in [5, 5.41) is 0. The minimum absolute atomic E-state index is 0.0854. The molecule has 2 heterocycles. The molecule has 3 amide bonds. The summed E-state index contributed by atoms with van der Waals surface area (Å²) in [6.07, 6.45) is 0. The van der Waals surface area contributed by atoms with E-state index in [4.69, 9.17) is 0 Å². The largest absolute Gasteiger partial charge is 0.332 e. The van der Waals surface area contributed by atoms with Gasteiger partial charge in [-0.1, -0.05) is 12.1 Å². The summed E-state index contributed by atoms with van der Waals surface area (Å²) in [5.41, 5.74) is 1.73. The van der Waals surface area contributed by atoms with Gasteiger partial charge in [-0.25, -0.2) is 9.69 Å². The zero-order valence-corrected chi connectivity index (χ0v) is 10.9. The van der Waals surface area contributed by atoms with Gasteiger partial charge in [0, 0.05) is 18.1 Å². The summed E-state index contributed by atoms with van der Waals surface area (Å²) in [4.78, 5) is 27.6. The van der Waals surface area contributed by atoms with Crippen LogP contribution in [0.5, 0.6) is 0 Å². The molecule has 4 nitrogen and oxygen atoms in total. The Morgan fingerprint density at radius 1 is 1.33 bits per heavy atom. The fourth-order valence-electron chi connectivity index (χ4n) is 2.41. The van der Waals surface area contributed by atoms with Gasteiger partial charge in [-0.2, -0.15) is 11.8 Å². The van der Waals surface area contributed by atoms with Crippen LogP contribution in [0.1, 0.15) is 5.56 Å². The van der Waals surface area contributed by atoms with Crippen LogP contribution < -0.4 is 4.90 Å². The Labute approximate surface area is 110 Å². The molecule has 94 valence electrons. The quantitative estimate of drug-likeness (QED) is 0.726. The molecule has 3 rings (SSSR count). The van der Waals surface area contributed by atoms with Crippen molar-refractivity contribution in [1.82, 2.24) is 4.90 Å². The van der Waals surface area contributed by atoms with E-state index in [1.54, 1.807) is 16.7 Å². The number of rotatable bonds is 1. The summed E-state index contributed by atoms with van der Waals surface area (Å²) in [5.74, 6) is 1.54. The molecule has 0 aromatic heterocycles. The van der Waals surface area contributed by atoms with Crippen molar-refractivity contribution in [1.29, 1.82) is 0 Å². The monoisotopic (exact) mass is 262 g/mol. The Balaban J connectivity index is 1.97. The normalized spacial score (nSPS) is 23.5. The molecule has 0 N–H and O–H groups in total. The van der Waals surface area contributed by atoms with Crippen LogP contribution in [-0.2, 0) is 4.79 Å². The summed E-state index contributed by atoms with van der Waals surface area (Å²) in [6.45, 7) is 2.62. The number of urea groups is 1. The predicted octanol–water partition coefficient (Wildman–Crippen LogP) is 1.88. The third-order valence-electron chi connectivity index (χ3n) is 3.33. The van der Waals surface area contributed by atoms with Gasteiger partial charge >= 0.3 is 6.03 Å². The van der Waals surface area contributed by atoms with Crippen LogP contribution in [0.25, 0.3) is 0 Å². The first-order valence-electron chi connectivity index (χ1n) is 5.97. The number of imide groups is 1. The number of hydrogen-bond donors (Lipinski definition) is 0. The first-order valence-corrected chi connectivity index (χ1v) is 7.13. The second-order valence-electron chi connectivity index (χ2n) is 4.58. The lowest BCUT2D eigenvalue weighted by Gasteiger charge is -2.25.